The summed E-state index contributed by atoms with van der Waals surface area (Å²) in [5.74, 6) is 1.03. The third-order valence-electron chi connectivity index (χ3n) is 2.81. The van der Waals surface area contributed by atoms with Crippen LogP contribution in [0.25, 0.3) is 0 Å². The highest BCUT2D eigenvalue weighted by atomic mass is 16.5. The highest BCUT2D eigenvalue weighted by Crippen LogP contribution is 2.26. The van der Waals surface area contributed by atoms with Crippen LogP contribution in [0.2, 0.25) is 0 Å². The second-order valence-electron chi connectivity index (χ2n) is 5.70. The van der Waals surface area contributed by atoms with Crippen molar-refractivity contribution in [3.05, 3.63) is 29.3 Å². The number of Topliss-reactive ketones (excluding diaryl/α,β-unsaturated/α-hetero) is 1. The van der Waals surface area contributed by atoms with Gasteiger partial charge in [0.15, 0.2) is 5.78 Å². The van der Waals surface area contributed by atoms with Crippen LogP contribution in [0.15, 0.2) is 18.2 Å². The maximum Gasteiger partial charge on any atom is 0.168 e. The lowest BCUT2D eigenvalue weighted by molar-refractivity contribution is 0.0957. The van der Waals surface area contributed by atoms with Gasteiger partial charge in [0, 0.05) is 12.0 Å². The molecular formula is C15H23NO2. The maximum absolute atomic E-state index is 12.3. The van der Waals surface area contributed by atoms with E-state index in [9.17, 15) is 4.79 Å². The Labute approximate surface area is 109 Å². The number of ketones is 1. The normalized spacial score (nSPS) is 11.7. The Hall–Kier alpha value is -1.35. The first kappa shape index (κ1) is 14.7. The number of hydrogen-bond acceptors (Lipinski definition) is 3. The molecule has 1 aromatic rings. The van der Waals surface area contributed by atoms with Gasteiger partial charge in [-0.3, -0.25) is 4.79 Å². The van der Waals surface area contributed by atoms with Gasteiger partial charge in [0.1, 0.15) is 5.75 Å². The Morgan fingerprint density at radius 1 is 1.39 bits per heavy atom. The Kier molecular flexibility index (Phi) is 4.52. The van der Waals surface area contributed by atoms with E-state index in [0.717, 1.165) is 5.56 Å². The van der Waals surface area contributed by atoms with Gasteiger partial charge >= 0.3 is 0 Å². The van der Waals surface area contributed by atoms with E-state index in [0.29, 0.717) is 23.7 Å². The predicted molar refractivity (Wildman–Crippen MR) is 74.3 cm³/mol. The molecule has 100 valence electrons. The second-order valence-corrected chi connectivity index (χ2v) is 5.70. The zero-order valence-electron chi connectivity index (χ0n) is 11.9. The summed E-state index contributed by atoms with van der Waals surface area (Å²) in [6.07, 6.45) is 0.310. The van der Waals surface area contributed by atoms with Crippen molar-refractivity contribution in [1.29, 1.82) is 0 Å². The van der Waals surface area contributed by atoms with Crippen LogP contribution in [0.1, 0.15) is 56.0 Å². The standard InChI is InChI=1S/C15H23NO2/c1-10(2)11-6-7-14(18-5)12(8-11)13(17)9-15(3,4)16/h6-8,10H,9,16H2,1-5H3. The third kappa shape index (κ3) is 3.84. The number of benzene rings is 1. The molecule has 0 amide bonds. The molecule has 0 radical (unpaired) electrons. The van der Waals surface area contributed by atoms with Gasteiger partial charge in [0.05, 0.1) is 12.7 Å². The van der Waals surface area contributed by atoms with Crippen LogP contribution < -0.4 is 10.5 Å². The minimum absolute atomic E-state index is 0.0295. The molecular weight excluding hydrogens is 226 g/mol. The molecule has 0 unspecified atom stereocenters. The lowest BCUT2D eigenvalue weighted by Crippen LogP contribution is -2.34. The van der Waals surface area contributed by atoms with Gasteiger partial charge < -0.3 is 10.5 Å². The van der Waals surface area contributed by atoms with Crippen molar-refractivity contribution in [1.82, 2.24) is 0 Å². The average molecular weight is 249 g/mol. The molecule has 1 rings (SSSR count). The summed E-state index contributed by atoms with van der Waals surface area (Å²) in [7, 11) is 1.58. The molecule has 3 heteroatoms. The van der Waals surface area contributed by atoms with E-state index in [1.807, 2.05) is 32.0 Å². The summed E-state index contributed by atoms with van der Waals surface area (Å²) in [4.78, 5) is 12.3. The first-order chi connectivity index (χ1) is 8.24. The fourth-order valence-corrected chi connectivity index (χ4v) is 1.81. The van der Waals surface area contributed by atoms with Crippen LogP contribution >= 0.6 is 0 Å². The highest BCUT2D eigenvalue weighted by Gasteiger charge is 2.21. The van der Waals surface area contributed by atoms with E-state index in [1.54, 1.807) is 7.11 Å². The summed E-state index contributed by atoms with van der Waals surface area (Å²) < 4.78 is 5.25. The van der Waals surface area contributed by atoms with Crippen molar-refractivity contribution in [3.8, 4) is 5.75 Å². The second kappa shape index (κ2) is 5.53. The number of hydrogen-bond donors (Lipinski definition) is 1. The van der Waals surface area contributed by atoms with Crippen molar-refractivity contribution >= 4 is 5.78 Å². The van der Waals surface area contributed by atoms with Gasteiger partial charge in [0.25, 0.3) is 0 Å². The molecule has 0 atom stereocenters. The Balaban J connectivity index is 3.12. The summed E-state index contributed by atoms with van der Waals surface area (Å²) in [5, 5.41) is 0. The van der Waals surface area contributed by atoms with Crippen LogP contribution in [0.3, 0.4) is 0 Å². The SMILES string of the molecule is COc1ccc(C(C)C)cc1C(=O)CC(C)(C)N. The highest BCUT2D eigenvalue weighted by molar-refractivity contribution is 5.99. The lowest BCUT2D eigenvalue weighted by atomic mass is 9.92. The smallest absolute Gasteiger partial charge is 0.168 e. The largest absolute Gasteiger partial charge is 0.496 e. The first-order valence-corrected chi connectivity index (χ1v) is 6.24. The topological polar surface area (TPSA) is 52.3 Å². The molecule has 18 heavy (non-hydrogen) atoms. The summed E-state index contributed by atoms with van der Waals surface area (Å²) in [5.41, 5.74) is 7.16. The monoisotopic (exact) mass is 249 g/mol. The number of nitrogens with two attached hydrogens (primary N) is 1. The maximum atomic E-state index is 12.3. The molecule has 0 aliphatic rings. The molecule has 0 saturated carbocycles. The number of carbonyl (C=O) groups is 1. The minimum Gasteiger partial charge on any atom is -0.496 e. The number of rotatable bonds is 5. The van der Waals surface area contributed by atoms with E-state index in [-0.39, 0.29) is 5.78 Å². The van der Waals surface area contributed by atoms with E-state index < -0.39 is 5.54 Å². The third-order valence-corrected chi connectivity index (χ3v) is 2.81. The van der Waals surface area contributed by atoms with Crippen molar-refractivity contribution in [3.63, 3.8) is 0 Å². The van der Waals surface area contributed by atoms with Gasteiger partial charge in [-0.1, -0.05) is 19.9 Å². The zero-order chi connectivity index (χ0) is 13.9. The molecule has 0 saturated heterocycles. The van der Waals surface area contributed by atoms with Crippen LogP contribution in [0.5, 0.6) is 5.75 Å². The van der Waals surface area contributed by atoms with Crippen molar-refractivity contribution in [2.45, 2.75) is 45.6 Å². The molecule has 0 fully saturated rings. The molecule has 0 heterocycles. The van der Waals surface area contributed by atoms with Crippen molar-refractivity contribution in [2.24, 2.45) is 5.73 Å². The molecule has 1 aromatic carbocycles. The first-order valence-electron chi connectivity index (χ1n) is 6.24. The van der Waals surface area contributed by atoms with Gasteiger partial charge in [-0.05, 0) is 37.5 Å². The van der Waals surface area contributed by atoms with Crippen LogP contribution in [0, 0.1) is 0 Å². The Morgan fingerprint density at radius 3 is 2.44 bits per heavy atom. The minimum atomic E-state index is -0.504. The van der Waals surface area contributed by atoms with Gasteiger partial charge in [-0.15, -0.1) is 0 Å². The lowest BCUT2D eigenvalue weighted by Gasteiger charge is -2.19. The Morgan fingerprint density at radius 2 is 2.00 bits per heavy atom. The fraction of sp³-hybridized carbons (Fsp3) is 0.533. The van der Waals surface area contributed by atoms with Gasteiger partial charge in [0.2, 0.25) is 0 Å². The zero-order valence-corrected chi connectivity index (χ0v) is 11.9. The summed E-state index contributed by atoms with van der Waals surface area (Å²) in [6, 6.07) is 5.76. The van der Waals surface area contributed by atoms with Crippen molar-refractivity contribution in [2.75, 3.05) is 7.11 Å². The Bertz CT molecular complexity index is 431. The molecule has 3 nitrogen and oxygen atoms in total. The number of carbonyl (C=O) groups excluding carboxylic acids is 1. The molecule has 0 aliphatic carbocycles. The van der Waals surface area contributed by atoms with Gasteiger partial charge in [-0.2, -0.15) is 0 Å². The average Bonchev–Trinajstić information content (AvgIpc) is 2.25. The number of methoxy groups -OCH3 is 1. The van der Waals surface area contributed by atoms with E-state index >= 15 is 0 Å². The molecule has 0 aromatic heterocycles. The van der Waals surface area contributed by atoms with E-state index in [4.69, 9.17) is 10.5 Å². The van der Waals surface area contributed by atoms with Crippen LogP contribution in [0.4, 0.5) is 0 Å². The van der Waals surface area contributed by atoms with Crippen LogP contribution in [-0.4, -0.2) is 18.4 Å². The summed E-state index contributed by atoms with van der Waals surface area (Å²) in [6.45, 7) is 7.90. The van der Waals surface area contributed by atoms with Gasteiger partial charge in [-0.25, -0.2) is 0 Å². The molecule has 0 spiro atoms. The molecule has 0 bridgehead atoms. The fourth-order valence-electron chi connectivity index (χ4n) is 1.81. The van der Waals surface area contributed by atoms with Crippen molar-refractivity contribution < 1.29 is 9.53 Å². The predicted octanol–water partition coefficient (Wildman–Crippen LogP) is 3.13. The van der Waals surface area contributed by atoms with E-state index in [2.05, 4.69) is 13.8 Å². The number of ether oxygens (including phenoxy) is 1. The quantitative estimate of drug-likeness (QED) is 0.816. The molecule has 2 N–H and O–H groups in total. The van der Waals surface area contributed by atoms with Crippen LogP contribution in [-0.2, 0) is 0 Å². The van der Waals surface area contributed by atoms with E-state index in [1.165, 1.54) is 0 Å². The molecule has 0 aliphatic heterocycles. The summed E-state index contributed by atoms with van der Waals surface area (Å²) >= 11 is 0.